The van der Waals surface area contributed by atoms with Crippen LogP contribution in [0.2, 0.25) is 0 Å². The van der Waals surface area contributed by atoms with Crippen LogP contribution in [0.15, 0.2) is 42.9 Å². The Bertz CT molecular complexity index is 1410. The van der Waals surface area contributed by atoms with E-state index < -0.39 is 11.9 Å². The van der Waals surface area contributed by atoms with Gasteiger partial charge in [0.05, 0.1) is 12.2 Å². The fourth-order valence-electron chi connectivity index (χ4n) is 4.17. The molecule has 1 aliphatic carbocycles. The Kier molecular flexibility index (Phi) is 5.89. The Morgan fingerprint density at radius 2 is 2.00 bits per heavy atom. The highest BCUT2D eigenvalue weighted by Crippen LogP contribution is 2.44. The molecule has 3 N–H and O–H groups in total. The monoisotopic (exact) mass is 498 g/mol. The average Bonchev–Trinajstić information content (AvgIpc) is 3.41. The second-order valence-corrected chi connectivity index (χ2v) is 9.12. The van der Waals surface area contributed by atoms with Crippen molar-refractivity contribution in [1.82, 2.24) is 34.7 Å². The van der Waals surface area contributed by atoms with Crippen LogP contribution >= 0.6 is 0 Å². The Morgan fingerprint density at radius 3 is 2.64 bits per heavy atom. The van der Waals surface area contributed by atoms with Crippen LogP contribution in [-0.4, -0.2) is 41.3 Å². The zero-order valence-electron chi connectivity index (χ0n) is 19.7. The Balaban J connectivity index is 1.50. The molecule has 12 heteroatoms. The van der Waals surface area contributed by atoms with Gasteiger partial charge in [-0.25, -0.2) is 4.52 Å². The zero-order chi connectivity index (χ0) is 25.6. The standard InChI is InChI=1S/C24H25F3N8O/c1-3-13(2)31-22(36)18-8-16(9-20-32-23(28)33-35(18)20)17-11-30-34(12-17)21(14-4-5-14)15-6-7-19(29-10-15)24(25,26)27/h6-14,21H,3-5H2,1-2H3,(H2,28,33)(H,31,36). The molecule has 2 unspecified atom stereocenters. The number of anilines is 1. The van der Waals surface area contributed by atoms with E-state index in [-0.39, 0.29) is 35.6 Å². The first-order valence-corrected chi connectivity index (χ1v) is 11.7. The van der Waals surface area contributed by atoms with Crippen molar-refractivity contribution < 1.29 is 18.0 Å². The molecule has 1 saturated carbocycles. The van der Waals surface area contributed by atoms with Crippen LogP contribution < -0.4 is 11.1 Å². The first kappa shape index (κ1) is 23.8. The van der Waals surface area contributed by atoms with Crippen LogP contribution in [0.4, 0.5) is 19.1 Å². The van der Waals surface area contributed by atoms with E-state index in [1.807, 2.05) is 20.0 Å². The van der Waals surface area contributed by atoms with E-state index in [0.29, 0.717) is 16.8 Å². The van der Waals surface area contributed by atoms with Crippen molar-refractivity contribution in [3.05, 3.63) is 59.8 Å². The van der Waals surface area contributed by atoms with Crippen LogP contribution in [0.5, 0.6) is 0 Å². The molecule has 4 aromatic heterocycles. The van der Waals surface area contributed by atoms with E-state index in [1.165, 1.54) is 16.8 Å². The minimum absolute atomic E-state index is 0.0310. The SMILES string of the molecule is CCC(C)NC(=O)c1cc(-c2cnn(C(c3ccc(C(F)(F)F)nc3)C3CC3)c2)cc2nc(N)nn12. The van der Waals surface area contributed by atoms with Gasteiger partial charge in [0.15, 0.2) is 5.65 Å². The van der Waals surface area contributed by atoms with Crippen molar-refractivity contribution >= 4 is 17.5 Å². The van der Waals surface area contributed by atoms with E-state index in [2.05, 4.69) is 25.5 Å². The summed E-state index contributed by atoms with van der Waals surface area (Å²) in [4.78, 5) is 20.8. The van der Waals surface area contributed by atoms with Gasteiger partial charge < -0.3 is 11.1 Å². The van der Waals surface area contributed by atoms with Crippen LogP contribution in [0, 0.1) is 5.92 Å². The van der Waals surface area contributed by atoms with Gasteiger partial charge in [0, 0.05) is 24.0 Å². The summed E-state index contributed by atoms with van der Waals surface area (Å²) in [6.45, 7) is 3.88. The van der Waals surface area contributed by atoms with Gasteiger partial charge in [0.1, 0.15) is 11.4 Å². The van der Waals surface area contributed by atoms with Crippen LogP contribution in [0.25, 0.3) is 16.8 Å². The van der Waals surface area contributed by atoms with Gasteiger partial charge in [-0.3, -0.25) is 14.5 Å². The topological polar surface area (TPSA) is 116 Å². The second-order valence-electron chi connectivity index (χ2n) is 9.12. The Morgan fingerprint density at radius 1 is 1.22 bits per heavy atom. The van der Waals surface area contributed by atoms with Crippen molar-refractivity contribution in [3.63, 3.8) is 0 Å². The molecule has 2 atom stereocenters. The molecular weight excluding hydrogens is 473 g/mol. The number of alkyl halides is 3. The van der Waals surface area contributed by atoms with Gasteiger partial charge in [-0.15, -0.1) is 5.10 Å². The maximum atomic E-state index is 13.0. The maximum absolute atomic E-state index is 13.0. The van der Waals surface area contributed by atoms with Gasteiger partial charge in [-0.05, 0) is 61.4 Å². The lowest BCUT2D eigenvalue weighted by Gasteiger charge is -2.18. The smallest absolute Gasteiger partial charge is 0.366 e. The quantitative estimate of drug-likeness (QED) is 0.396. The first-order valence-electron chi connectivity index (χ1n) is 11.7. The molecule has 5 rings (SSSR count). The van der Waals surface area contributed by atoms with Crippen molar-refractivity contribution in [3.8, 4) is 11.1 Å². The number of hydrogen-bond donors (Lipinski definition) is 2. The van der Waals surface area contributed by atoms with E-state index in [9.17, 15) is 18.0 Å². The number of hydrogen-bond acceptors (Lipinski definition) is 6. The largest absolute Gasteiger partial charge is 0.433 e. The summed E-state index contributed by atoms with van der Waals surface area (Å²) in [6.07, 6.45) is 2.93. The number of nitrogens with zero attached hydrogens (tertiary/aromatic N) is 6. The number of carbonyl (C=O) groups is 1. The normalized spacial score (nSPS) is 15.7. The summed E-state index contributed by atoms with van der Waals surface area (Å²) in [7, 11) is 0. The highest BCUT2D eigenvalue weighted by atomic mass is 19.4. The predicted octanol–water partition coefficient (Wildman–Crippen LogP) is 4.12. The van der Waals surface area contributed by atoms with Crippen LogP contribution in [0.1, 0.15) is 60.9 Å². The molecule has 1 fully saturated rings. The van der Waals surface area contributed by atoms with Gasteiger partial charge >= 0.3 is 6.18 Å². The maximum Gasteiger partial charge on any atom is 0.433 e. The number of nitrogen functional groups attached to an aromatic ring is 1. The molecule has 0 bridgehead atoms. The minimum Gasteiger partial charge on any atom is -0.366 e. The van der Waals surface area contributed by atoms with Crippen LogP contribution in [-0.2, 0) is 6.18 Å². The molecule has 4 aromatic rings. The first-order chi connectivity index (χ1) is 17.1. The van der Waals surface area contributed by atoms with Crippen molar-refractivity contribution in [1.29, 1.82) is 0 Å². The molecule has 36 heavy (non-hydrogen) atoms. The number of carbonyl (C=O) groups excluding carboxylic acids is 1. The molecule has 1 amide bonds. The summed E-state index contributed by atoms with van der Waals surface area (Å²) < 4.78 is 42.1. The number of aromatic nitrogens is 6. The Hall–Kier alpha value is -3.96. The lowest BCUT2D eigenvalue weighted by molar-refractivity contribution is -0.141. The van der Waals surface area contributed by atoms with Crippen molar-refractivity contribution in [2.24, 2.45) is 5.92 Å². The van der Waals surface area contributed by atoms with Gasteiger partial charge in [0.2, 0.25) is 5.95 Å². The van der Waals surface area contributed by atoms with E-state index in [4.69, 9.17) is 5.73 Å². The molecule has 0 aliphatic heterocycles. The predicted molar refractivity (Wildman–Crippen MR) is 126 cm³/mol. The summed E-state index contributed by atoms with van der Waals surface area (Å²) >= 11 is 0. The van der Waals surface area contributed by atoms with Gasteiger partial charge in [0.25, 0.3) is 5.91 Å². The minimum atomic E-state index is -4.49. The molecule has 0 aromatic carbocycles. The fraction of sp³-hybridized carbons (Fsp3) is 0.375. The van der Waals surface area contributed by atoms with Gasteiger partial charge in [-0.2, -0.15) is 23.3 Å². The number of nitrogens with two attached hydrogens (primary N) is 1. The molecular formula is C24H25F3N8O. The third kappa shape index (κ3) is 4.62. The molecule has 4 heterocycles. The average molecular weight is 499 g/mol. The lowest BCUT2D eigenvalue weighted by Crippen LogP contribution is -2.33. The van der Waals surface area contributed by atoms with E-state index in [1.54, 1.807) is 23.0 Å². The number of fused-ring (bicyclic) bond motifs is 1. The molecule has 0 spiro atoms. The van der Waals surface area contributed by atoms with Crippen molar-refractivity contribution in [2.45, 2.75) is 51.4 Å². The number of amides is 1. The summed E-state index contributed by atoms with van der Waals surface area (Å²) in [5, 5.41) is 11.6. The molecule has 0 saturated heterocycles. The number of halogens is 3. The molecule has 9 nitrogen and oxygen atoms in total. The third-order valence-electron chi connectivity index (χ3n) is 6.38. The number of rotatable bonds is 7. The summed E-state index contributed by atoms with van der Waals surface area (Å²) in [6, 6.07) is 5.65. The molecule has 1 aliphatic rings. The Labute approximate surface area is 204 Å². The summed E-state index contributed by atoms with van der Waals surface area (Å²) in [5.74, 6) is -0.00357. The van der Waals surface area contributed by atoms with Crippen LogP contribution in [0.3, 0.4) is 0 Å². The zero-order valence-corrected chi connectivity index (χ0v) is 19.7. The highest BCUT2D eigenvalue weighted by molar-refractivity contribution is 5.95. The number of nitrogens with one attached hydrogen (secondary N) is 1. The van der Waals surface area contributed by atoms with E-state index >= 15 is 0 Å². The molecule has 188 valence electrons. The van der Waals surface area contributed by atoms with Gasteiger partial charge in [-0.1, -0.05) is 13.0 Å². The van der Waals surface area contributed by atoms with E-state index in [0.717, 1.165) is 30.9 Å². The third-order valence-corrected chi connectivity index (χ3v) is 6.38. The lowest BCUT2D eigenvalue weighted by atomic mass is 10.0. The second kappa shape index (κ2) is 8.92. The highest BCUT2D eigenvalue weighted by Gasteiger charge is 2.36. The fourth-order valence-corrected chi connectivity index (χ4v) is 4.17. The number of pyridine rings is 2. The summed E-state index contributed by atoms with van der Waals surface area (Å²) in [5.41, 5.74) is 7.64. The molecule has 0 radical (unpaired) electrons. The van der Waals surface area contributed by atoms with Crippen molar-refractivity contribution in [2.75, 3.05) is 5.73 Å².